The first-order valence-corrected chi connectivity index (χ1v) is 21.4. The van der Waals surface area contributed by atoms with Gasteiger partial charge < -0.3 is 13.9 Å². The highest BCUT2D eigenvalue weighted by Gasteiger charge is 2.38. The first-order valence-electron chi connectivity index (χ1n) is 14.8. The second kappa shape index (κ2) is 15.8. The fourth-order valence-corrected chi connectivity index (χ4v) is 12.1. The third kappa shape index (κ3) is 14.9. The van der Waals surface area contributed by atoms with Crippen LogP contribution in [0, 0.1) is 23.2 Å². The minimum Gasteiger partial charge on any atom is -0.465 e. The van der Waals surface area contributed by atoms with Crippen molar-refractivity contribution in [3.05, 3.63) is 0 Å². The van der Waals surface area contributed by atoms with Gasteiger partial charge in [-0.3, -0.25) is 9.59 Å². The zero-order chi connectivity index (χ0) is 29.1. The standard InChI is InChI=1S/C30H62O5Si2/c1-14-16-19-36(10,11)23-29(7,8)35-37(12,13)20-17-18-33-27(31)26(6)25(5)21-30(9,15-2)28(32)34-22-24(3)4/h24-26H,14-23H2,1-13H3. The summed E-state index contributed by atoms with van der Waals surface area (Å²) in [6, 6.07) is 3.52. The average molecular weight is 559 g/mol. The van der Waals surface area contributed by atoms with E-state index < -0.39 is 21.8 Å². The summed E-state index contributed by atoms with van der Waals surface area (Å²) in [5.74, 6) is -0.271. The van der Waals surface area contributed by atoms with Gasteiger partial charge in [-0.2, -0.15) is 0 Å². The second-order valence-electron chi connectivity index (χ2n) is 14.2. The highest BCUT2D eigenvalue weighted by molar-refractivity contribution is 6.77. The van der Waals surface area contributed by atoms with Crippen LogP contribution in [0.4, 0.5) is 0 Å². The van der Waals surface area contributed by atoms with Crippen LogP contribution in [0.1, 0.15) is 94.4 Å². The number of rotatable bonds is 19. The lowest BCUT2D eigenvalue weighted by Gasteiger charge is -2.39. The molecule has 0 aliphatic rings. The van der Waals surface area contributed by atoms with Crippen LogP contribution in [0.2, 0.25) is 44.3 Å². The van der Waals surface area contributed by atoms with Crippen molar-refractivity contribution in [2.75, 3.05) is 13.2 Å². The molecule has 0 aromatic heterocycles. The van der Waals surface area contributed by atoms with E-state index in [-0.39, 0.29) is 29.4 Å². The van der Waals surface area contributed by atoms with Gasteiger partial charge in [-0.05, 0) is 77.1 Å². The number of unbranched alkanes of at least 4 members (excludes halogenated alkanes) is 1. The number of carbonyl (C=O) groups is 2. The van der Waals surface area contributed by atoms with Crippen LogP contribution in [0.5, 0.6) is 0 Å². The van der Waals surface area contributed by atoms with Crippen molar-refractivity contribution in [3.63, 3.8) is 0 Å². The van der Waals surface area contributed by atoms with Crippen LogP contribution >= 0.6 is 0 Å². The van der Waals surface area contributed by atoms with E-state index in [1.165, 1.54) is 24.9 Å². The van der Waals surface area contributed by atoms with Crippen LogP contribution in [0.15, 0.2) is 0 Å². The summed E-state index contributed by atoms with van der Waals surface area (Å²) in [6.45, 7) is 29.2. The molecule has 0 aromatic rings. The Morgan fingerprint density at radius 2 is 1.46 bits per heavy atom. The molecule has 0 bridgehead atoms. The lowest BCUT2D eigenvalue weighted by Crippen LogP contribution is -2.45. The van der Waals surface area contributed by atoms with Gasteiger partial charge in [0.25, 0.3) is 0 Å². The number of carbonyl (C=O) groups excluding carboxylic acids is 2. The van der Waals surface area contributed by atoms with Crippen LogP contribution in [0.25, 0.3) is 0 Å². The summed E-state index contributed by atoms with van der Waals surface area (Å²) in [5, 5.41) is 0. The van der Waals surface area contributed by atoms with Gasteiger partial charge in [-0.1, -0.05) is 73.5 Å². The van der Waals surface area contributed by atoms with E-state index in [1.54, 1.807) is 0 Å². The molecule has 5 nitrogen and oxygen atoms in total. The van der Waals surface area contributed by atoms with E-state index in [0.717, 1.165) is 12.5 Å². The van der Waals surface area contributed by atoms with Gasteiger partial charge in [0.05, 0.1) is 32.6 Å². The second-order valence-corrected chi connectivity index (χ2v) is 23.6. The Morgan fingerprint density at radius 3 is 1.97 bits per heavy atom. The maximum Gasteiger partial charge on any atom is 0.311 e. The Bertz CT molecular complexity index is 689. The first kappa shape index (κ1) is 36.3. The van der Waals surface area contributed by atoms with Crippen molar-refractivity contribution >= 4 is 28.3 Å². The number of hydrogen-bond acceptors (Lipinski definition) is 5. The molecule has 0 aliphatic carbocycles. The molecular formula is C30H62O5Si2. The lowest BCUT2D eigenvalue weighted by atomic mass is 9.75. The molecule has 37 heavy (non-hydrogen) atoms. The van der Waals surface area contributed by atoms with Gasteiger partial charge in [0, 0.05) is 5.60 Å². The highest BCUT2D eigenvalue weighted by Crippen LogP contribution is 2.35. The average Bonchev–Trinajstić information content (AvgIpc) is 2.76. The van der Waals surface area contributed by atoms with Gasteiger partial charge >= 0.3 is 11.9 Å². The number of hydrogen-bond donors (Lipinski definition) is 0. The molecule has 0 N–H and O–H groups in total. The molecule has 3 atom stereocenters. The van der Waals surface area contributed by atoms with E-state index in [0.29, 0.717) is 32.0 Å². The minimum absolute atomic E-state index is 0.0271. The summed E-state index contributed by atoms with van der Waals surface area (Å²) in [7, 11) is -3.15. The van der Waals surface area contributed by atoms with Crippen molar-refractivity contribution in [3.8, 4) is 0 Å². The molecule has 0 saturated heterocycles. The summed E-state index contributed by atoms with van der Waals surface area (Å²) < 4.78 is 18.0. The largest absolute Gasteiger partial charge is 0.465 e. The van der Waals surface area contributed by atoms with Crippen LogP contribution in [-0.2, 0) is 23.5 Å². The van der Waals surface area contributed by atoms with Crippen LogP contribution in [-0.4, -0.2) is 47.1 Å². The van der Waals surface area contributed by atoms with Crippen molar-refractivity contribution in [2.45, 2.75) is 144 Å². The zero-order valence-corrected chi connectivity index (χ0v) is 28.8. The Hall–Kier alpha value is -0.666. The molecule has 3 unspecified atom stereocenters. The molecule has 0 spiro atoms. The fraction of sp³-hybridized carbons (Fsp3) is 0.933. The predicted octanol–water partition coefficient (Wildman–Crippen LogP) is 8.71. The molecule has 0 rings (SSSR count). The Morgan fingerprint density at radius 1 is 0.865 bits per heavy atom. The molecule has 0 heterocycles. The number of ether oxygens (including phenoxy) is 2. The van der Waals surface area contributed by atoms with Gasteiger partial charge in [0.15, 0.2) is 8.32 Å². The van der Waals surface area contributed by atoms with E-state index in [1.807, 2.05) is 41.5 Å². The normalized spacial score (nSPS) is 16.3. The van der Waals surface area contributed by atoms with Crippen molar-refractivity contribution in [2.24, 2.45) is 23.2 Å². The Labute approximate surface area is 232 Å². The maximum absolute atomic E-state index is 12.8. The molecule has 220 valence electrons. The van der Waals surface area contributed by atoms with E-state index >= 15 is 0 Å². The number of esters is 2. The smallest absolute Gasteiger partial charge is 0.311 e. The Balaban J connectivity index is 4.71. The van der Waals surface area contributed by atoms with Crippen molar-refractivity contribution < 1.29 is 23.5 Å². The molecule has 0 radical (unpaired) electrons. The maximum atomic E-state index is 12.8. The SMILES string of the molecule is CCCC[Si](C)(C)CC(C)(C)O[Si](C)(C)CCCOC(=O)C(C)C(C)CC(C)(CC)C(=O)OCC(C)C. The van der Waals surface area contributed by atoms with E-state index in [2.05, 4.69) is 47.0 Å². The molecule has 0 amide bonds. The summed E-state index contributed by atoms with van der Waals surface area (Å²) in [6.07, 6.45) is 4.70. The molecule has 0 saturated carbocycles. The van der Waals surface area contributed by atoms with Gasteiger partial charge in [-0.15, -0.1) is 0 Å². The third-order valence-electron chi connectivity index (χ3n) is 7.65. The predicted molar refractivity (Wildman–Crippen MR) is 162 cm³/mol. The molecule has 0 fully saturated rings. The molecular weight excluding hydrogens is 496 g/mol. The van der Waals surface area contributed by atoms with Crippen LogP contribution in [0.3, 0.4) is 0 Å². The van der Waals surface area contributed by atoms with E-state index in [9.17, 15) is 9.59 Å². The van der Waals surface area contributed by atoms with E-state index in [4.69, 9.17) is 13.9 Å². The molecule has 0 aromatic carbocycles. The topological polar surface area (TPSA) is 61.8 Å². The third-order valence-corrected chi connectivity index (χ3v) is 13.8. The Kier molecular flexibility index (Phi) is 15.5. The first-order chi connectivity index (χ1) is 16.8. The summed E-state index contributed by atoms with van der Waals surface area (Å²) in [5.41, 5.74) is -0.682. The summed E-state index contributed by atoms with van der Waals surface area (Å²) >= 11 is 0. The van der Waals surface area contributed by atoms with Gasteiger partial charge in [0.1, 0.15) is 0 Å². The van der Waals surface area contributed by atoms with Crippen LogP contribution < -0.4 is 0 Å². The summed E-state index contributed by atoms with van der Waals surface area (Å²) in [4.78, 5) is 25.5. The van der Waals surface area contributed by atoms with Gasteiger partial charge in [0.2, 0.25) is 0 Å². The lowest BCUT2D eigenvalue weighted by molar-refractivity contribution is -0.159. The zero-order valence-electron chi connectivity index (χ0n) is 26.8. The molecule has 0 aliphatic heterocycles. The molecule has 7 heteroatoms. The highest BCUT2D eigenvalue weighted by atomic mass is 28.4. The monoisotopic (exact) mass is 558 g/mol. The fourth-order valence-electron chi connectivity index (χ4n) is 5.44. The van der Waals surface area contributed by atoms with Crippen molar-refractivity contribution in [1.82, 2.24) is 0 Å². The van der Waals surface area contributed by atoms with Crippen molar-refractivity contribution in [1.29, 1.82) is 0 Å². The minimum atomic E-state index is -1.88. The quantitative estimate of drug-likeness (QED) is 0.0901. The van der Waals surface area contributed by atoms with Gasteiger partial charge in [-0.25, -0.2) is 0 Å².